The highest BCUT2D eigenvalue weighted by atomic mass is 79.9. The van der Waals surface area contributed by atoms with Crippen molar-refractivity contribution < 1.29 is 0 Å². The van der Waals surface area contributed by atoms with Crippen LogP contribution in [0.15, 0.2) is 21.7 Å². The minimum atomic E-state index is -0.139. The monoisotopic (exact) mass is 256 g/mol. The molecule has 2 rings (SSSR count). The van der Waals surface area contributed by atoms with Gasteiger partial charge in [-0.2, -0.15) is 0 Å². The van der Waals surface area contributed by atoms with Crippen molar-refractivity contribution in [2.75, 3.05) is 0 Å². The highest BCUT2D eigenvalue weighted by Gasteiger charge is 2.15. The lowest BCUT2D eigenvalue weighted by Gasteiger charge is -2.10. The molecule has 1 aromatic rings. The zero-order valence-corrected chi connectivity index (χ0v) is 9.53. The molecule has 1 heterocycles. The summed E-state index contributed by atoms with van der Waals surface area (Å²) < 4.78 is 2.58. The van der Waals surface area contributed by atoms with Crippen molar-refractivity contribution in [3.8, 4) is 0 Å². The largest absolute Gasteiger partial charge is 0.347 e. The first-order chi connectivity index (χ1) is 6.75. The quantitative estimate of drug-likeness (QED) is 0.814. The maximum atomic E-state index is 11.4. The van der Waals surface area contributed by atoms with Crippen LogP contribution in [0.5, 0.6) is 0 Å². The van der Waals surface area contributed by atoms with Crippen molar-refractivity contribution in [3.63, 3.8) is 0 Å². The number of aromatic nitrogens is 2. The van der Waals surface area contributed by atoms with Gasteiger partial charge in [0.1, 0.15) is 0 Å². The van der Waals surface area contributed by atoms with Crippen LogP contribution in [0.4, 0.5) is 0 Å². The van der Waals surface area contributed by atoms with Gasteiger partial charge in [0, 0.05) is 18.9 Å². The summed E-state index contributed by atoms with van der Waals surface area (Å²) in [6.07, 6.45) is 8.49. The number of halogens is 1. The summed E-state index contributed by atoms with van der Waals surface area (Å²) in [6.45, 7) is 0.825. The molecule has 76 valence electrons. The van der Waals surface area contributed by atoms with E-state index in [-0.39, 0.29) is 5.69 Å². The van der Waals surface area contributed by atoms with Crippen LogP contribution in [0, 0.1) is 5.92 Å². The van der Waals surface area contributed by atoms with Gasteiger partial charge >= 0.3 is 5.69 Å². The summed E-state index contributed by atoms with van der Waals surface area (Å²) in [5, 5.41) is 0. The molecule has 0 amide bonds. The number of rotatable bonds is 2. The van der Waals surface area contributed by atoms with Gasteiger partial charge in [-0.25, -0.2) is 9.78 Å². The second-order valence-electron chi connectivity index (χ2n) is 3.86. The Morgan fingerprint density at radius 3 is 2.93 bits per heavy atom. The van der Waals surface area contributed by atoms with Gasteiger partial charge < -0.3 is 0 Å². The standard InChI is InChI=1S/C10H13BrN2O/c11-9-5-12-10(14)13(7-9)6-8-3-1-2-4-8/h5,7-8H,1-4,6H2. The van der Waals surface area contributed by atoms with Gasteiger partial charge in [0.15, 0.2) is 0 Å². The molecule has 0 spiro atoms. The van der Waals surface area contributed by atoms with Crippen molar-refractivity contribution in [3.05, 3.63) is 27.4 Å². The first-order valence-corrected chi connectivity index (χ1v) is 5.77. The molecule has 1 fully saturated rings. The third kappa shape index (κ3) is 2.23. The maximum absolute atomic E-state index is 11.4. The molecule has 1 aliphatic carbocycles. The molecule has 1 saturated carbocycles. The maximum Gasteiger partial charge on any atom is 0.347 e. The molecule has 0 aliphatic heterocycles. The highest BCUT2D eigenvalue weighted by molar-refractivity contribution is 9.10. The van der Waals surface area contributed by atoms with E-state index in [1.54, 1.807) is 10.8 Å². The van der Waals surface area contributed by atoms with Crippen LogP contribution in [0.3, 0.4) is 0 Å². The summed E-state index contributed by atoms with van der Waals surface area (Å²) in [5.74, 6) is 0.670. The molecule has 0 unspecified atom stereocenters. The Morgan fingerprint density at radius 1 is 1.50 bits per heavy atom. The molecular formula is C10H13BrN2O. The molecule has 4 heteroatoms. The number of hydrogen-bond acceptors (Lipinski definition) is 2. The van der Waals surface area contributed by atoms with Gasteiger partial charge in [-0.05, 0) is 34.7 Å². The Balaban J connectivity index is 2.15. The van der Waals surface area contributed by atoms with Crippen LogP contribution in [-0.4, -0.2) is 9.55 Å². The van der Waals surface area contributed by atoms with Gasteiger partial charge in [-0.15, -0.1) is 0 Å². The smallest absolute Gasteiger partial charge is 0.298 e. The lowest BCUT2D eigenvalue weighted by molar-refractivity contribution is 0.443. The van der Waals surface area contributed by atoms with Gasteiger partial charge in [0.05, 0.1) is 4.47 Å². The Kier molecular flexibility index (Phi) is 3.01. The summed E-state index contributed by atoms with van der Waals surface area (Å²) in [4.78, 5) is 15.2. The van der Waals surface area contributed by atoms with E-state index in [2.05, 4.69) is 20.9 Å². The molecule has 14 heavy (non-hydrogen) atoms. The van der Waals surface area contributed by atoms with E-state index in [0.717, 1.165) is 11.0 Å². The lowest BCUT2D eigenvalue weighted by Crippen LogP contribution is -2.24. The molecule has 1 aliphatic rings. The van der Waals surface area contributed by atoms with Crippen molar-refractivity contribution >= 4 is 15.9 Å². The lowest BCUT2D eigenvalue weighted by atomic mass is 10.1. The van der Waals surface area contributed by atoms with Gasteiger partial charge in [-0.3, -0.25) is 4.57 Å². The zero-order valence-electron chi connectivity index (χ0n) is 7.95. The average molecular weight is 257 g/mol. The zero-order chi connectivity index (χ0) is 9.97. The van der Waals surface area contributed by atoms with Crippen LogP contribution in [0.25, 0.3) is 0 Å². The fourth-order valence-electron chi connectivity index (χ4n) is 2.03. The second kappa shape index (κ2) is 4.26. The SMILES string of the molecule is O=c1ncc(Br)cn1CC1CCCC1. The van der Waals surface area contributed by atoms with E-state index in [1.807, 2.05) is 6.20 Å². The van der Waals surface area contributed by atoms with Crippen LogP contribution in [-0.2, 0) is 6.54 Å². The Bertz CT molecular complexity index is 369. The molecule has 0 saturated heterocycles. The molecule has 3 nitrogen and oxygen atoms in total. The predicted molar refractivity (Wildman–Crippen MR) is 58.2 cm³/mol. The Morgan fingerprint density at radius 2 is 2.21 bits per heavy atom. The molecule has 0 bridgehead atoms. The summed E-state index contributed by atoms with van der Waals surface area (Å²) >= 11 is 3.32. The molecule has 1 aromatic heterocycles. The molecule has 0 aromatic carbocycles. The topological polar surface area (TPSA) is 34.9 Å². The van der Waals surface area contributed by atoms with Gasteiger partial charge in [0.25, 0.3) is 0 Å². The Hall–Kier alpha value is -0.640. The molecular weight excluding hydrogens is 244 g/mol. The molecule has 0 N–H and O–H groups in total. The summed E-state index contributed by atoms with van der Waals surface area (Å²) in [6, 6.07) is 0. The van der Waals surface area contributed by atoms with E-state index in [4.69, 9.17) is 0 Å². The van der Waals surface area contributed by atoms with E-state index >= 15 is 0 Å². The molecule has 0 radical (unpaired) electrons. The summed E-state index contributed by atoms with van der Waals surface area (Å²) in [5.41, 5.74) is -0.139. The van der Waals surface area contributed by atoms with Gasteiger partial charge in [-0.1, -0.05) is 12.8 Å². The van der Waals surface area contributed by atoms with E-state index in [1.165, 1.54) is 25.7 Å². The molecule has 0 atom stereocenters. The third-order valence-corrected chi connectivity index (χ3v) is 3.16. The number of hydrogen-bond donors (Lipinski definition) is 0. The fraction of sp³-hybridized carbons (Fsp3) is 0.600. The second-order valence-corrected chi connectivity index (χ2v) is 4.77. The third-order valence-electron chi connectivity index (χ3n) is 2.75. The van der Waals surface area contributed by atoms with Crippen LogP contribution in [0.1, 0.15) is 25.7 Å². The normalized spacial score (nSPS) is 17.5. The predicted octanol–water partition coefficient (Wildman–Crippen LogP) is 2.20. The van der Waals surface area contributed by atoms with Crippen molar-refractivity contribution in [1.82, 2.24) is 9.55 Å². The first-order valence-electron chi connectivity index (χ1n) is 4.98. The Labute approximate surface area is 91.3 Å². The average Bonchev–Trinajstić information content (AvgIpc) is 2.64. The van der Waals surface area contributed by atoms with E-state index < -0.39 is 0 Å². The van der Waals surface area contributed by atoms with E-state index in [9.17, 15) is 4.79 Å². The van der Waals surface area contributed by atoms with E-state index in [0.29, 0.717) is 5.92 Å². The highest BCUT2D eigenvalue weighted by Crippen LogP contribution is 2.25. The summed E-state index contributed by atoms with van der Waals surface area (Å²) in [7, 11) is 0. The first kappa shape index (κ1) is 9.90. The van der Waals surface area contributed by atoms with Crippen LogP contribution >= 0.6 is 15.9 Å². The van der Waals surface area contributed by atoms with Crippen molar-refractivity contribution in [2.45, 2.75) is 32.2 Å². The van der Waals surface area contributed by atoms with Crippen molar-refractivity contribution in [1.29, 1.82) is 0 Å². The van der Waals surface area contributed by atoms with Crippen molar-refractivity contribution in [2.24, 2.45) is 5.92 Å². The minimum Gasteiger partial charge on any atom is -0.298 e. The van der Waals surface area contributed by atoms with Crippen LogP contribution in [0.2, 0.25) is 0 Å². The number of nitrogens with zero attached hydrogens (tertiary/aromatic N) is 2. The van der Waals surface area contributed by atoms with Gasteiger partial charge in [0.2, 0.25) is 0 Å². The fourth-order valence-corrected chi connectivity index (χ4v) is 2.38. The minimum absolute atomic E-state index is 0.139. The van der Waals surface area contributed by atoms with Crippen LogP contribution < -0.4 is 5.69 Å².